The summed E-state index contributed by atoms with van der Waals surface area (Å²) in [7, 11) is 0. The molecule has 7 heteroatoms. The Bertz CT molecular complexity index is 1170. The number of halogens is 2. The number of hydrogen-bond acceptors (Lipinski definition) is 3. The van der Waals surface area contributed by atoms with Crippen molar-refractivity contribution in [2.24, 2.45) is 5.10 Å². The molecular weight excluding hydrogens is 379 g/mol. The van der Waals surface area contributed by atoms with Gasteiger partial charge in [0.25, 0.3) is 5.91 Å². The molecule has 138 valence electrons. The molecule has 0 radical (unpaired) electrons. The minimum Gasteiger partial charge on any atom is -0.338 e. The molecule has 1 heterocycles. The van der Waals surface area contributed by atoms with Crippen LogP contribution in [0, 0.1) is 5.82 Å². The number of H-pyrrole nitrogens is 1. The second-order valence-corrected chi connectivity index (χ2v) is 6.43. The number of carbonyl (C=O) groups is 1. The molecule has 0 aliphatic carbocycles. The number of aromatic nitrogens is 2. The summed E-state index contributed by atoms with van der Waals surface area (Å²) in [6.45, 7) is 0. The van der Waals surface area contributed by atoms with Crippen LogP contribution in [0.3, 0.4) is 0 Å². The number of carbonyl (C=O) groups excluding carboxylic acids is 1. The average molecular weight is 393 g/mol. The molecule has 0 fully saturated rings. The van der Waals surface area contributed by atoms with E-state index in [1.54, 1.807) is 24.3 Å². The summed E-state index contributed by atoms with van der Waals surface area (Å²) in [5.74, 6) is -0.223. The monoisotopic (exact) mass is 392 g/mol. The molecule has 0 bridgehead atoms. The zero-order chi connectivity index (χ0) is 19.5. The Kier molecular flexibility index (Phi) is 4.87. The van der Waals surface area contributed by atoms with E-state index in [4.69, 9.17) is 11.6 Å². The van der Waals surface area contributed by atoms with E-state index in [9.17, 15) is 9.18 Å². The molecule has 0 atom stereocenters. The van der Waals surface area contributed by atoms with Crippen LogP contribution in [0.1, 0.15) is 15.9 Å². The molecule has 0 spiro atoms. The number of benzene rings is 3. The maximum Gasteiger partial charge on any atom is 0.271 e. The maximum atomic E-state index is 13.7. The van der Waals surface area contributed by atoms with Crippen molar-refractivity contribution in [1.82, 2.24) is 15.4 Å². The Morgan fingerprint density at radius 2 is 1.93 bits per heavy atom. The zero-order valence-electron chi connectivity index (χ0n) is 14.5. The predicted octanol–water partition coefficient (Wildman–Crippen LogP) is 4.79. The highest BCUT2D eigenvalue weighted by atomic mass is 35.5. The fourth-order valence-corrected chi connectivity index (χ4v) is 2.95. The number of hydrazone groups is 1. The first kappa shape index (κ1) is 17.9. The zero-order valence-corrected chi connectivity index (χ0v) is 15.2. The smallest absolute Gasteiger partial charge is 0.271 e. The highest BCUT2D eigenvalue weighted by Crippen LogP contribution is 2.21. The van der Waals surface area contributed by atoms with Crippen LogP contribution in [-0.2, 0) is 0 Å². The average Bonchev–Trinajstić information content (AvgIpc) is 3.14. The Labute approximate surface area is 164 Å². The number of amides is 1. The third kappa shape index (κ3) is 3.63. The van der Waals surface area contributed by atoms with E-state index >= 15 is 0 Å². The lowest BCUT2D eigenvalue weighted by atomic mass is 10.2. The van der Waals surface area contributed by atoms with E-state index < -0.39 is 11.7 Å². The lowest BCUT2D eigenvalue weighted by Gasteiger charge is -2.01. The molecule has 5 nitrogen and oxygen atoms in total. The molecule has 0 saturated carbocycles. The Balaban J connectivity index is 1.54. The fraction of sp³-hybridized carbons (Fsp3) is 0. The molecule has 1 amide bonds. The second kappa shape index (κ2) is 7.62. The molecule has 3 aromatic carbocycles. The molecule has 0 unspecified atom stereocenters. The van der Waals surface area contributed by atoms with Gasteiger partial charge in [0.2, 0.25) is 0 Å². The van der Waals surface area contributed by atoms with E-state index in [2.05, 4.69) is 20.5 Å². The van der Waals surface area contributed by atoms with Crippen molar-refractivity contribution >= 4 is 34.8 Å². The molecular formula is C21H14ClFN4O. The van der Waals surface area contributed by atoms with Gasteiger partial charge >= 0.3 is 0 Å². The van der Waals surface area contributed by atoms with E-state index in [0.29, 0.717) is 5.56 Å². The van der Waals surface area contributed by atoms with Crippen LogP contribution in [0.25, 0.3) is 22.4 Å². The quantitative estimate of drug-likeness (QED) is 0.387. The minimum absolute atomic E-state index is 0.112. The molecule has 28 heavy (non-hydrogen) atoms. The van der Waals surface area contributed by atoms with Gasteiger partial charge in [0.05, 0.1) is 22.3 Å². The SMILES string of the molecule is O=C(N/N=C/c1c(F)cccc1Cl)c1ccc2nc(-c3ccccc3)[nH]c2c1. The van der Waals surface area contributed by atoms with Crippen LogP contribution in [0.2, 0.25) is 5.02 Å². The number of fused-ring (bicyclic) bond motifs is 1. The number of hydrogen-bond donors (Lipinski definition) is 2. The van der Waals surface area contributed by atoms with Gasteiger partial charge in [-0.25, -0.2) is 14.8 Å². The van der Waals surface area contributed by atoms with Gasteiger partial charge in [-0.1, -0.05) is 48.0 Å². The second-order valence-electron chi connectivity index (χ2n) is 6.02. The first-order chi connectivity index (χ1) is 13.6. The largest absolute Gasteiger partial charge is 0.338 e. The summed E-state index contributed by atoms with van der Waals surface area (Å²) in [6.07, 6.45) is 1.18. The highest BCUT2D eigenvalue weighted by Gasteiger charge is 2.10. The van der Waals surface area contributed by atoms with Crippen molar-refractivity contribution < 1.29 is 9.18 Å². The summed E-state index contributed by atoms with van der Waals surface area (Å²) in [5.41, 5.74) is 5.32. The third-order valence-corrected chi connectivity index (χ3v) is 4.48. The van der Waals surface area contributed by atoms with Crippen molar-refractivity contribution in [1.29, 1.82) is 0 Å². The van der Waals surface area contributed by atoms with Gasteiger partial charge in [-0.15, -0.1) is 0 Å². The van der Waals surface area contributed by atoms with Crippen molar-refractivity contribution in [3.8, 4) is 11.4 Å². The van der Waals surface area contributed by atoms with Crippen LogP contribution in [0.15, 0.2) is 71.8 Å². The fourth-order valence-electron chi connectivity index (χ4n) is 2.74. The minimum atomic E-state index is -0.516. The molecule has 0 saturated heterocycles. The third-order valence-electron chi connectivity index (χ3n) is 4.15. The molecule has 1 aromatic heterocycles. The van der Waals surface area contributed by atoms with Gasteiger partial charge in [-0.05, 0) is 30.3 Å². The summed E-state index contributed by atoms with van der Waals surface area (Å²) in [6, 6.07) is 19.1. The Morgan fingerprint density at radius 3 is 2.71 bits per heavy atom. The van der Waals surface area contributed by atoms with Crippen LogP contribution in [0.4, 0.5) is 4.39 Å². The number of nitrogens with one attached hydrogen (secondary N) is 2. The number of nitrogens with zero attached hydrogens (tertiary/aromatic N) is 2. The van der Waals surface area contributed by atoms with Gasteiger partial charge in [-0.3, -0.25) is 4.79 Å². The Morgan fingerprint density at radius 1 is 1.11 bits per heavy atom. The number of imidazole rings is 1. The van der Waals surface area contributed by atoms with E-state index in [-0.39, 0.29) is 10.6 Å². The first-order valence-corrected chi connectivity index (χ1v) is 8.82. The summed E-state index contributed by atoms with van der Waals surface area (Å²) in [5, 5.41) is 4.01. The van der Waals surface area contributed by atoms with Crippen molar-refractivity contribution in [3.05, 3.63) is 88.7 Å². The predicted molar refractivity (Wildman–Crippen MR) is 108 cm³/mol. The lowest BCUT2D eigenvalue weighted by Crippen LogP contribution is -2.17. The lowest BCUT2D eigenvalue weighted by molar-refractivity contribution is 0.0955. The van der Waals surface area contributed by atoms with Gasteiger partial charge in [0, 0.05) is 16.7 Å². The molecule has 0 aliphatic heterocycles. The molecule has 4 aromatic rings. The van der Waals surface area contributed by atoms with E-state index in [1.165, 1.54) is 18.3 Å². The maximum absolute atomic E-state index is 13.7. The van der Waals surface area contributed by atoms with Gasteiger partial charge in [0.1, 0.15) is 11.6 Å². The number of rotatable bonds is 4. The normalized spacial score (nSPS) is 11.2. The van der Waals surface area contributed by atoms with E-state index in [1.807, 2.05) is 30.3 Å². The molecule has 0 aliphatic rings. The standard InChI is InChI=1S/C21H14ClFN4O/c22-16-7-4-8-17(23)15(16)12-24-27-21(28)14-9-10-18-19(11-14)26-20(25-18)13-5-2-1-3-6-13/h1-12H,(H,25,26)(H,27,28)/b24-12+. The van der Waals surface area contributed by atoms with Crippen LogP contribution < -0.4 is 5.43 Å². The summed E-state index contributed by atoms with van der Waals surface area (Å²) >= 11 is 5.92. The summed E-state index contributed by atoms with van der Waals surface area (Å²) < 4.78 is 13.7. The Hall–Kier alpha value is -3.51. The van der Waals surface area contributed by atoms with Crippen molar-refractivity contribution in [2.75, 3.05) is 0 Å². The summed E-state index contributed by atoms with van der Waals surface area (Å²) in [4.78, 5) is 20.1. The van der Waals surface area contributed by atoms with Gasteiger partial charge in [-0.2, -0.15) is 5.10 Å². The van der Waals surface area contributed by atoms with Gasteiger partial charge in [0.15, 0.2) is 0 Å². The van der Waals surface area contributed by atoms with Crippen LogP contribution >= 0.6 is 11.6 Å². The topological polar surface area (TPSA) is 70.1 Å². The van der Waals surface area contributed by atoms with Crippen molar-refractivity contribution in [2.45, 2.75) is 0 Å². The van der Waals surface area contributed by atoms with Crippen molar-refractivity contribution in [3.63, 3.8) is 0 Å². The van der Waals surface area contributed by atoms with Crippen LogP contribution in [0.5, 0.6) is 0 Å². The number of aromatic amines is 1. The van der Waals surface area contributed by atoms with Gasteiger partial charge < -0.3 is 4.98 Å². The van der Waals surface area contributed by atoms with E-state index in [0.717, 1.165) is 22.4 Å². The molecule has 2 N–H and O–H groups in total. The molecule has 4 rings (SSSR count). The van der Waals surface area contributed by atoms with Crippen LogP contribution in [-0.4, -0.2) is 22.1 Å². The first-order valence-electron chi connectivity index (χ1n) is 8.44. The highest BCUT2D eigenvalue weighted by molar-refractivity contribution is 6.33.